The molecule has 0 aliphatic heterocycles. The van der Waals surface area contributed by atoms with E-state index in [1.165, 1.54) is 27.4 Å². The van der Waals surface area contributed by atoms with Crippen molar-refractivity contribution >= 4 is 17.5 Å². The van der Waals surface area contributed by atoms with Gasteiger partial charge in [0.05, 0.1) is 21.3 Å². The number of methoxy groups -OCH3 is 3. The van der Waals surface area contributed by atoms with Crippen LogP contribution in [0.4, 0.5) is 10.3 Å². The predicted molar refractivity (Wildman–Crippen MR) is 100 cm³/mol. The molecular formula is C18H18ClFN4O3. The summed E-state index contributed by atoms with van der Waals surface area (Å²) in [6, 6.07) is 8.01. The number of ether oxygens (including phenoxy) is 3. The maximum absolute atomic E-state index is 13.9. The fraction of sp³-hybridized carbons (Fsp3) is 0.222. The molecule has 3 aromatic rings. The molecule has 0 unspecified atom stereocenters. The van der Waals surface area contributed by atoms with Gasteiger partial charge >= 0.3 is 0 Å². The molecule has 3 rings (SSSR count). The van der Waals surface area contributed by atoms with E-state index in [1.807, 2.05) is 0 Å². The minimum absolute atomic E-state index is 0.162. The molecule has 7 nitrogen and oxygen atoms in total. The highest BCUT2D eigenvalue weighted by atomic mass is 35.5. The molecule has 0 saturated carbocycles. The van der Waals surface area contributed by atoms with E-state index in [-0.39, 0.29) is 12.4 Å². The van der Waals surface area contributed by atoms with Crippen molar-refractivity contribution in [1.29, 1.82) is 0 Å². The average molecular weight is 393 g/mol. The van der Waals surface area contributed by atoms with Gasteiger partial charge in [-0.15, -0.1) is 0 Å². The summed E-state index contributed by atoms with van der Waals surface area (Å²) >= 11 is 6.03. The summed E-state index contributed by atoms with van der Waals surface area (Å²) in [6.07, 6.45) is 0. The molecule has 0 bridgehead atoms. The van der Waals surface area contributed by atoms with Gasteiger partial charge < -0.3 is 19.5 Å². The molecule has 0 saturated heterocycles. The van der Waals surface area contributed by atoms with Gasteiger partial charge in [0.15, 0.2) is 17.3 Å². The highest BCUT2D eigenvalue weighted by Gasteiger charge is 2.16. The number of aromatic nitrogens is 3. The second-order valence-corrected chi connectivity index (χ2v) is 5.88. The van der Waals surface area contributed by atoms with E-state index in [1.54, 1.807) is 24.3 Å². The lowest BCUT2D eigenvalue weighted by Gasteiger charge is -2.12. The Balaban J connectivity index is 1.83. The van der Waals surface area contributed by atoms with Gasteiger partial charge in [0, 0.05) is 22.7 Å². The van der Waals surface area contributed by atoms with Crippen molar-refractivity contribution in [2.45, 2.75) is 6.54 Å². The van der Waals surface area contributed by atoms with Crippen LogP contribution in [0, 0.1) is 5.82 Å². The fourth-order valence-electron chi connectivity index (χ4n) is 2.55. The Kier molecular flexibility index (Phi) is 5.66. The van der Waals surface area contributed by atoms with Crippen LogP contribution in [0.25, 0.3) is 11.4 Å². The van der Waals surface area contributed by atoms with Crippen LogP contribution in [0.5, 0.6) is 17.2 Å². The van der Waals surface area contributed by atoms with Gasteiger partial charge in [-0.2, -0.15) is 10.1 Å². The number of anilines is 1. The normalized spacial score (nSPS) is 10.6. The fourth-order valence-corrected chi connectivity index (χ4v) is 2.78. The standard InChI is InChI=1S/C18H18ClFN4O3/c1-25-14-7-10(8-15(26-2)16(14)27-3)17-22-18(24-23-17)21-9-11-12(19)5-4-6-13(11)20/h4-8H,9H2,1-3H3,(H2,21,22,23,24). The highest BCUT2D eigenvalue weighted by Crippen LogP contribution is 2.40. The summed E-state index contributed by atoms with van der Waals surface area (Å²) in [5, 5.41) is 10.3. The zero-order valence-corrected chi connectivity index (χ0v) is 15.7. The second kappa shape index (κ2) is 8.13. The van der Waals surface area contributed by atoms with Gasteiger partial charge in [0.25, 0.3) is 0 Å². The van der Waals surface area contributed by atoms with Crippen molar-refractivity contribution < 1.29 is 18.6 Å². The van der Waals surface area contributed by atoms with Crippen LogP contribution >= 0.6 is 11.6 Å². The minimum atomic E-state index is -0.389. The molecule has 0 aliphatic carbocycles. The molecule has 142 valence electrons. The van der Waals surface area contributed by atoms with Crippen molar-refractivity contribution in [3.8, 4) is 28.6 Å². The monoisotopic (exact) mass is 392 g/mol. The quantitative estimate of drug-likeness (QED) is 0.634. The number of aromatic amines is 1. The molecule has 9 heteroatoms. The Bertz CT molecular complexity index is 903. The molecule has 0 spiro atoms. The van der Waals surface area contributed by atoms with E-state index in [4.69, 9.17) is 25.8 Å². The smallest absolute Gasteiger partial charge is 0.219 e. The number of benzene rings is 2. The number of hydrogen-bond acceptors (Lipinski definition) is 6. The van der Waals surface area contributed by atoms with Gasteiger partial charge in [-0.3, -0.25) is 0 Å². The third-order valence-corrected chi connectivity index (χ3v) is 4.26. The number of rotatable bonds is 7. The minimum Gasteiger partial charge on any atom is -0.493 e. The molecule has 2 aromatic carbocycles. The summed E-state index contributed by atoms with van der Waals surface area (Å²) < 4.78 is 29.8. The average Bonchev–Trinajstić information content (AvgIpc) is 3.15. The van der Waals surface area contributed by atoms with E-state index in [0.29, 0.717) is 45.2 Å². The Morgan fingerprint density at radius 1 is 1.11 bits per heavy atom. The zero-order chi connectivity index (χ0) is 19.4. The number of hydrogen-bond donors (Lipinski definition) is 2. The first-order chi connectivity index (χ1) is 13.1. The van der Waals surface area contributed by atoms with E-state index in [0.717, 1.165) is 0 Å². The molecule has 0 fully saturated rings. The molecule has 0 aliphatic rings. The van der Waals surface area contributed by atoms with Crippen LogP contribution in [0.1, 0.15) is 5.56 Å². The van der Waals surface area contributed by atoms with Crippen LogP contribution in [-0.2, 0) is 6.54 Å². The second-order valence-electron chi connectivity index (χ2n) is 5.48. The van der Waals surface area contributed by atoms with E-state index in [9.17, 15) is 4.39 Å². The maximum Gasteiger partial charge on any atom is 0.219 e. The van der Waals surface area contributed by atoms with Crippen molar-refractivity contribution in [3.63, 3.8) is 0 Å². The number of halogens is 2. The highest BCUT2D eigenvalue weighted by molar-refractivity contribution is 6.31. The lowest BCUT2D eigenvalue weighted by Crippen LogP contribution is -2.04. The van der Waals surface area contributed by atoms with Gasteiger partial charge in [-0.25, -0.2) is 9.49 Å². The van der Waals surface area contributed by atoms with Crippen LogP contribution in [0.2, 0.25) is 5.02 Å². The third kappa shape index (κ3) is 3.90. The van der Waals surface area contributed by atoms with Crippen LogP contribution in [0.3, 0.4) is 0 Å². The number of H-pyrrole nitrogens is 1. The van der Waals surface area contributed by atoms with Crippen molar-refractivity contribution in [1.82, 2.24) is 15.2 Å². The Morgan fingerprint density at radius 3 is 2.41 bits per heavy atom. The molecule has 0 radical (unpaired) electrons. The molecule has 27 heavy (non-hydrogen) atoms. The molecule has 1 heterocycles. The van der Waals surface area contributed by atoms with Crippen molar-refractivity contribution in [2.24, 2.45) is 0 Å². The van der Waals surface area contributed by atoms with E-state index < -0.39 is 0 Å². The Hall–Kier alpha value is -3.00. The zero-order valence-electron chi connectivity index (χ0n) is 15.0. The van der Waals surface area contributed by atoms with E-state index >= 15 is 0 Å². The molecular weight excluding hydrogens is 375 g/mol. The molecule has 1 aromatic heterocycles. The topological polar surface area (TPSA) is 81.3 Å². The Morgan fingerprint density at radius 2 is 1.81 bits per heavy atom. The molecule has 0 amide bonds. The van der Waals surface area contributed by atoms with Crippen LogP contribution in [0.15, 0.2) is 30.3 Å². The number of nitrogens with zero attached hydrogens (tertiary/aromatic N) is 2. The summed E-state index contributed by atoms with van der Waals surface area (Å²) in [5.74, 6) is 1.86. The van der Waals surface area contributed by atoms with Crippen LogP contribution in [-0.4, -0.2) is 36.5 Å². The molecule has 2 N–H and O–H groups in total. The predicted octanol–water partition coefficient (Wildman–Crippen LogP) is 3.90. The van der Waals surface area contributed by atoms with Gasteiger partial charge in [-0.1, -0.05) is 17.7 Å². The van der Waals surface area contributed by atoms with Gasteiger partial charge in [0.1, 0.15) is 5.82 Å². The summed E-state index contributed by atoms with van der Waals surface area (Å²) in [5.41, 5.74) is 1.02. The van der Waals surface area contributed by atoms with Crippen molar-refractivity contribution in [2.75, 3.05) is 26.6 Å². The SMILES string of the molecule is COc1cc(-c2n[nH]c(NCc3c(F)cccc3Cl)n2)cc(OC)c1OC. The number of nitrogens with one attached hydrogen (secondary N) is 2. The lowest BCUT2D eigenvalue weighted by molar-refractivity contribution is 0.324. The third-order valence-electron chi connectivity index (χ3n) is 3.90. The summed E-state index contributed by atoms with van der Waals surface area (Å²) in [7, 11) is 4.59. The first-order valence-corrected chi connectivity index (χ1v) is 8.34. The van der Waals surface area contributed by atoms with E-state index in [2.05, 4.69) is 20.5 Å². The van der Waals surface area contributed by atoms with Gasteiger partial charge in [0.2, 0.25) is 11.7 Å². The van der Waals surface area contributed by atoms with Crippen LogP contribution < -0.4 is 19.5 Å². The summed E-state index contributed by atoms with van der Waals surface area (Å²) in [6.45, 7) is 0.162. The van der Waals surface area contributed by atoms with Gasteiger partial charge in [-0.05, 0) is 24.3 Å². The lowest BCUT2D eigenvalue weighted by atomic mass is 10.1. The maximum atomic E-state index is 13.9. The largest absolute Gasteiger partial charge is 0.493 e. The Labute approximate surface area is 160 Å². The summed E-state index contributed by atoms with van der Waals surface area (Å²) in [4.78, 5) is 4.37. The first kappa shape index (κ1) is 18.8. The van der Waals surface area contributed by atoms with Crippen molar-refractivity contribution in [3.05, 3.63) is 46.7 Å². The first-order valence-electron chi connectivity index (χ1n) is 7.97. The molecule has 0 atom stereocenters.